The Balaban J connectivity index is 2.75. The molecule has 2 N–H and O–H groups in total. The minimum atomic E-state index is -0.530. The molecule has 0 aliphatic carbocycles. The van der Waals surface area contributed by atoms with E-state index >= 15 is 0 Å². The van der Waals surface area contributed by atoms with Crippen LogP contribution in [0.3, 0.4) is 0 Å². The third-order valence-corrected chi connectivity index (χ3v) is 2.61. The van der Waals surface area contributed by atoms with E-state index in [9.17, 15) is 9.90 Å². The molecule has 0 aliphatic rings. The molecular weight excluding hydrogens is 242 g/mol. The fourth-order valence-electron chi connectivity index (χ4n) is 1.30. The molecule has 0 saturated heterocycles. The van der Waals surface area contributed by atoms with E-state index in [1.54, 1.807) is 18.2 Å². The Morgan fingerprint density at radius 2 is 2.29 bits per heavy atom. The van der Waals surface area contributed by atoms with Crippen LogP contribution >= 0.6 is 11.6 Å². The van der Waals surface area contributed by atoms with E-state index < -0.39 is 6.10 Å². The number of rotatable bonds is 5. The van der Waals surface area contributed by atoms with Gasteiger partial charge in [0.2, 0.25) is 0 Å². The number of ether oxygens (including phenoxy) is 1. The third-order valence-electron chi connectivity index (χ3n) is 2.38. The number of amides is 1. The number of halogens is 1. The van der Waals surface area contributed by atoms with Crippen LogP contribution in [0.15, 0.2) is 18.2 Å². The Morgan fingerprint density at radius 3 is 2.88 bits per heavy atom. The van der Waals surface area contributed by atoms with Crippen LogP contribution < -0.4 is 10.1 Å². The predicted molar refractivity (Wildman–Crippen MR) is 66.6 cm³/mol. The summed E-state index contributed by atoms with van der Waals surface area (Å²) >= 11 is 5.80. The lowest BCUT2D eigenvalue weighted by Gasteiger charge is -2.11. The highest BCUT2D eigenvalue weighted by atomic mass is 35.5. The van der Waals surface area contributed by atoms with Crippen LogP contribution in [0.5, 0.6) is 5.75 Å². The second-order valence-electron chi connectivity index (χ2n) is 3.62. The third kappa shape index (κ3) is 3.91. The molecule has 0 heterocycles. The Bertz CT molecular complexity index is 395. The lowest BCUT2D eigenvalue weighted by molar-refractivity contribution is 0.0911. The summed E-state index contributed by atoms with van der Waals surface area (Å²) in [6.07, 6.45) is 0.0649. The van der Waals surface area contributed by atoms with Crippen LogP contribution in [0.1, 0.15) is 23.7 Å². The molecule has 0 aliphatic heterocycles. The maximum absolute atomic E-state index is 11.8. The van der Waals surface area contributed by atoms with E-state index in [1.165, 1.54) is 7.11 Å². The molecule has 0 radical (unpaired) electrons. The molecule has 94 valence electrons. The summed E-state index contributed by atoms with van der Waals surface area (Å²) in [7, 11) is 1.48. The van der Waals surface area contributed by atoms with E-state index in [2.05, 4.69) is 5.32 Å². The van der Waals surface area contributed by atoms with Crippen LogP contribution in [0.4, 0.5) is 0 Å². The number of nitrogens with one attached hydrogen (secondary N) is 1. The molecule has 1 rings (SSSR count). The van der Waals surface area contributed by atoms with Gasteiger partial charge < -0.3 is 15.2 Å². The van der Waals surface area contributed by atoms with Crippen LogP contribution in [0.25, 0.3) is 0 Å². The van der Waals surface area contributed by atoms with Crippen molar-refractivity contribution in [2.24, 2.45) is 0 Å². The van der Waals surface area contributed by atoms with Crippen molar-refractivity contribution in [2.45, 2.75) is 19.4 Å². The van der Waals surface area contributed by atoms with Crippen molar-refractivity contribution in [3.05, 3.63) is 28.8 Å². The highest BCUT2D eigenvalue weighted by Crippen LogP contribution is 2.22. The van der Waals surface area contributed by atoms with Crippen LogP contribution in [0.2, 0.25) is 5.02 Å². The van der Waals surface area contributed by atoms with Crippen molar-refractivity contribution in [3.63, 3.8) is 0 Å². The molecule has 5 heteroatoms. The maximum Gasteiger partial charge on any atom is 0.255 e. The zero-order valence-corrected chi connectivity index (χ0v) is 10.6. The van der Waals surface area contributed by atoms with Gasteiger partial charge in [0.1, 0.15) is 5.75 Å². The standard InChI is InChI=1S/C12H16ClNO3/c1-3-9(15)7-14-12(16)10-5-4-8(13)6-11(10)17-2/h4-6,9,15H,3,7H2,1-2H3,(H,14,16). The van der Waals surface area contributed by atoms with Crippen molar-refractivity contribution in [1.29, 1.82) is 0 Å². The van der Waals surface area contributed by atoms with Gasteiger partial charge in [0, 0.05) is 11.6 Å². The minimum Gasteiger partial charge on any atom is -0.496 e. The molecule has 0 aromatic heterocycles. The summed E-state index contributed by atoms with van der Waals surface area (Å²) < 4.78 is 5.07. The summed E-state index contributed by atoms with van der Waals surface area (Å²) in [4.78, 5) is 11.8. The number of carbonyl (C=O) groups is 1. The molecule has 1 amide bonds. The Labute approximate surface area is 106 Å². The molecule has 1 aromatic rings. The first kappa shape index (κ1) is 13.8. The van der Waals surface area contributed by atoms with Crippen molar-refractivity contribution in [1.82, 2.24) is 5.32 Å². The lowest BCUT2D eigenvalue weighted by Crippen LogP contribution is -2.31. The molecular formula is C12H16ClNO3. The minimum absolute atomic E-state index is 0.223. The molecule has 17 heavy (non-hydrogen) atoms. The highest BCUT2D eigenvalue weighted by molar-refractivity contribution is 6.30. The number of aliphatic hydroxyl groups is 1. The number of hydrogen-bond donors (Lipinski definition) is 2. The topological polar surface area (TPSA) is 58.6 Å². The summed E-state index contributed by atoms with van der Waals surface area (Å²) in [5.41, 5.74) is 0.403. The van der Waals surface area contributed by atoms with Crippen molar-refractivity contribution >= 4 is 17.5 Å². The van der Waals surface area contributed by atoms with Gasteiger partial charge in [0.05, 0.1) is 18.8 Å². The second kappa shape index (κ2) is 6.47. The van der Waals surface area contributed by atoms with Gasteiger partial charge >= 0.3 is 0 Å². The molecule has 1 unspecified atom stereocenters. The molecule has 0 spiro atoms. The number of aliphatic hydroxyl groups excluding tert-OH is 1. The normalized spacial score (nSPS) is 12.0. The first-order valence-electron chi connectivity index (χ1n) is 5.38. The summed E-state index contributed by atoms with van der Waals surface area (Å²) in [5, 5.41) is 12.5. The molecule has 0 fully saturated rings. The van der Waals surface area contributed by atoms with E-state index in [-0.39, 0.29) is 12.5 Å². The highest BCUT2D eigenvalue weighted by Gasteiger charge is 2.13. The summed E-state index contributed by atoms with van der Waals surface area (Å²) in [6.45, 7) is 2.07. The number of benzene rings is 1. The van der Waals surface area contributed by atoms with E-state index in [1.807, 2.05) is 6.92 Å². The second-order valence-corrected chi connectivity index (χ2v) is 4.05. The SMILES string of the molecule is CCC(O)CNC(=O)c1ccc(Cl)cc1OC. The molecule has 0 bridgehead atoms. The average molecular weight is 258 g/mol. The Hall–Kier alpha value is -1.26. The van der Waals surface area contributed by atoms with Gasteiger partial charge in [-0.15, -0.1) is 0 Å². The van der Waals surface area contributed by atoms with Crippen molar-refractivity contribution in [2.75, 3.05) is 13.7 Å². The van der Waals surface area contributed by atoms with Crippen LogP contribution in [-0.4, -0.2) is 30.8 Å². The average Bonchev–Trinajstić information content (AvgIpc) is 2.35. The van der Waals surface area contributed by atoms with E-state index in [0.29, 0.717) is 22.8 Å². The monoisotopic (exact) mass is 257 g/mol. The fraction of sp³-hybridized carbons (Fsp3) is 0.417. The Morgan fingerprint density at radius 1 is 1.59 bits per heavy atom. The largest absolute Gasteiger partial charge is 0.496 e. The fourth-order valence-corrected chi connectivity index (χ4v) is 1.46. The first-order chi connectivity index (χ1) is 8.08. The Kier molecular flexibility index (Phi) is 5.25. The van der Waals surface area contributed by atoms with Gasteiger partial charge in [-0.2, -0.15) is 0 Å². The zero-order chi connectivity index (χ0) is 12.8. The predicted octanol–water partition coefficient (Wildman–Crippen LogP) is 1.85. The van der Waals surface area contributed by atoms with Crippen LogP contribution in [0, 0.1) is 0 Å². The smallest absolute Gasteiger partial charge is 0.255 e. The van der Waals surface area contributed by atoms with E-state index in [4.69, 9.17) is 16.3 Å². The van der Waals surface area contributed by atoms with Crippen LogP contribution in [-0.2, 0) is 0 Å². The molecule has 0 saturated carbocycles. The number of methoxy groups -OCH3 is 1. The molecule has 1 aromatic carbocycles. The van der Waals surface area contributed by atoms with Crippen molar-refractivity contribution in [3.8, 4) is 5.75 Å². The van der Waals surface area contributed by atoms with Crippen molar-refractivity contribution < 1.29 is 14.6 Å². The van der Waals surface area contributed by atoms with Gasteiger partial charge in [-0.05, 0) is 24.6 Å². The van der Waals surface area contributed by atoms with E-state index in [0.717, 1.165) is 0 Å². The zero-order valence-electron chi connectivity index (χ0n) is 9.87. The van der Waals surface area contributed by atoms with Gasteiger partial charge in [-0.25, -0.2) is 0 Å². The van der Waals surface area contributed by atoms with Gasteiger partial charge in [0.25, 0.3) is 5.91 Å². The number of carbonyl (C=O) groups excluding carboxylic acids is 1. The van der Waals surface area contributed by atoms with Gasteiger partial charge in [0.15, 0.2) is 0 Å². The first-order valence-corrected chi connectivity index (χ1v) is 5.76. The molecule has 1 atom stereocenters. The summed E-state index contributed by atoms with van der Waals surface area (Å²) in [6, 6.07) is 4.79. The summed E-state index contributed by atoms with van der Waals surface area (Å²) in [5.74, 6) is 0.131. The molecule has 4 nitrogen and oxygen atoms in total. The lowest BCUT2D eigenvalue weighted by atomic mass is 10.2. The number of hydrogen-bond acceptors (Lipinski definition) is 3. The maximum atomic E-state index is 11.8. The quantitative estimate of drug-likeness (QED) is 0.846. The van der Waals surface area contributed by atoms with Gasteiger partial charge in [-0.1, -0.05) is 18.5 Å². The van der Waals surface area contributed by atoms with Gasteiger partial charge in [-0.3, -0.25) is 4.79 Å².